The fraction of sp³-hybridized carbons (Fsp3) is 0.615. The molecule has 0 unspecified atom stereocenters. The van der Waals surface area contributed by atoms with E-state index < -0.39 is 6.04 Å². The molecule has 0 saturated carbocycles. The molecule has 2 amide bonds. The summed E-state index contributed by atoms with van der Waals surface area (Å²) >= 11 is 0. The molecule has 4 N–H and O–H groups in total. The Morgan fingerprint density at radius 2 is 2.05 bits per heavy atom. The highest BCUT2D eigenvalue weighted by atomic mass is 35.5. The number of rotatable bonds is 6. The van der Waals surface area contributed by atoms with Crippen molar-refractivity contribution in [3.05, 3.63) is 11.8 Å². The van der Waals surface area contributed by atoms with Gasteiger partial charge in [-0.25, -0.2) is 0 Å². The van der Waals surface area contributed by atoms with Gasteiger partial charge >= 0.3 is 0 Å². The molecule has 1 atom stereocenters. The van der Waals surface area contributed by atoms with E-state index in [0.717, 1.165) is 12.1 Å². The zero-order chi connectivity index (χ0) is 15.3. The van der Waals surface area contributed by atoms with Crippen LogP contribution >= 0.6 is 12.4 Å². The third kappa shape index (κ3) is 5.73. The summed E-state index contributed by atoms with van der Waals surface area (Å²) in [4.78, 5) is 23.4. The summed E-state index contributed by atoms with van der Waals surface area (Å²) in [5, 5.41) is 9.44. The number of nitrogens with one attached hydrogen (secondary N) is 2. The first-order valence-electron chi connectivity index (χ1n) is 6.71. The highest BCUT2D eigenvalue weighted by molar-refractivity contribution is 5.94. The number of halogens is 1. The number of nitrogens with zero attached hydrogens (tertiary/aromatic N) is 2. The lowest BCUT2D eigenvalue weighted by Gasteiger charge is -2.15. The second kappa shape index (κ2) is 8.63. The quantitative estimate of drug-likeness (QED) is 0.708. The number of anilines is 1. The van der Waals surface area contributed by atoms with Gasteiger partial charge in [0.1, 0.15) is 5.82 Å². The number of aromatic nitrogens is 2. The normalized spacial score (nSPS) is 11.7. The van der Waals surface area contributed by atoms with Crippen LogP contribution in [0.3, 0.4) is 0 Å². The van der Waals surface area contributed by atoms with Crippen LogP contribution in [0.15, 0.2) is 6.07 Å². The molecule has 1 rings (SSSR count). The Labute approximate surface area is 131 Å². The largest absolute Gasteiger partial charge is 0.346 e. The van der Waals surface area contributed by atoms with Crippen LogP contribution in [0.25, 0.3) is 0 Å². The Balaban J connectivity index is 0.00000400. The highest BCUT2D eigenvalue weighted by Gasteiger charge is 2.17. The number of carbonyl (C=O) groups is 2. The molecule has 0 fully saturated rings. The molecule has 0 radical (unpaired) electrons. The molecule has 0 saturated heterocycles. The minimum atomic E-state index is -0.605. The molecular weight excluding hydrogens is 294 g/mol. The maximum absolute atomic E-state index is 11.8. The van der Waals surface area contributed by atoms with Gasteiger partial charge in [0.25, 0.3) is 0 Å². The Kier molecular flexibility index (Phi) is 7.98. The number of carbonyl (C=O) groups excluding carboxylic acids is 2. The van der Waals surface area contributed by atoms with Crippen molar-refractivity contribution in [2.24, 2.45) is 18.7 Å². The third-order valence-corrected chi connectivity index (χ3v) is 3.00. The van der Waals surface area contributed by atoms with Gasteiger partial charge in [-0.3, -0.25) is 14.3 Å². The smallest absolute Gasteiger partial charge is 0.244 e. The summed E-state index contributed by atoms with van der Waals surface area (Å²) in [5.74, 6) is 0.00543. The molecule has 8 heteroatoms. The molecule has 21 heavy (non-hydrogen) atoms. The van der Waals surface area contributed by atoms with Gasteiger partial charge in [0.15, 0.2) is 0 Å². The average Bonchev–Trinajstić information content (AvgIpc) is 2.75. The van der Waals surface area contributed by atoms with E-state index in [0.29, 0.717) is 5.82 Å². The van der Waals surface area contributed by atoms with E-state index in [2.05, 4.69) is 15.7 Å². The van der Waals surface area contributed by atoms with Crippen LogP contribution in [0.1, 0.15) is 26.5 Å². The van der Waals surface area contributed by atoms with E-state index in [1.165, 1.54) is 0 Å². The Hall–Kier alpha value is -1.60. The minimum absolute atomic E-state index is 0. The SMILES string of the molecule is CCc1cc(NC(=O)CNC(=O)[C@@H](N)C(C)C)n(C)n1.Cl. The van der Waals surface area contributed by atoms with Gasteiger partial charge in [-0.15, -0.1) is 12.4 Å². The average molecular weight is 318 g/mol. The summed E-state index contributed by atoms with van der Waals surface area (Å²) < 4.78 is 1.60. The topological polar surface area (TPSA) is 102 Å². The van der Waals surface area contributed by atoms with Crippen molar-refractivity contribution < 1.29 is 9.59 Å². The van der Waals surface area contributed by atoms with Gasteiger partial charge in [-0.05, 0) is 12.3 Å². The van der Waals surface area contributed by atoms with Crippen LogP contribution in [0, 0.1) is 5.92 Å². The van der Waals surface area contributed by atoms with Gasteiger partial charge in [0, 0.05) is 13.1 Å². The van der Waals surface area contributed by atoms with E-state index in [1.807, 2.05) is 20.8 Å². The van der Waals surface area contributed by atoms with Crippen LogP contribution in [0.4, 0.5) is 5.82 Å². The second-order valence-electron chi connectivity index (χ2n) is 5.03. The predicted molar refractivity (Wildman–Crippen MR) is 84.3 cm³/mol. The van der Waals surface area contributed by atoms with Crippen molar-refractivity contribution >= 4 is 30.0 Å². The van der Waals surface area contributed by atoms with Gasteiger partial charge < -0.3 is 16.4 Å². The Morgan fingerprint density at radius 3 is 2.52 bits per heavy atom. The van der Waals surface area contributed by atoms with Crippen molar-refractivity contribution in [2.45, 2.75) is 33.2 Å². The molecule has 0 spiro atoms. The first kappa shape index (κ1) is 19.4. The number of amides is 2. The van der Waals surface area contributed by atoms with Crippen molar-refractivity contribution in [3.63, 3.8) is 0 Å². The molecular formula is C13H24ClN5O2. The molecule has 1 aromatic rings. The van der Waals surface area contributed by atoms with E-state index in [4.69, 9.17) is 5.73 Å². The predicted octanol–water partition coefficient (Wildman–Crippen LogP) is 0.442. The molecule has 0 aliphatic carbocycles. The molecule has 7 nitrogen and oxygen atoms in total. The molecule has 0 aliphatic heterocycles. The van der Waals surface area contributed by atoms with Gasteiger partial charge in [-0.1, -0.05) is 20.8 Å². The van der Waals surface area contributed by atoms with Crippen LogP contribution in [0.5, 0.6) is 0 Å². The van der Waals surface area contributed by atoms with Crippen molar-refractivity contribution in [2.75, 3.05) is 11.9 Å². The number of nitrogens with two attached hydrogens (primary N) is 1. The summed E-state index contributed by atoms with van der Waals surface area (Å²) in [7, 11) is 1.75. The summed E-state index contributed by atoms with van der Waals surface area (Å²) in [5.41, 5.74) is 6.58. The fourth-order valence-electron chi connectivity index (χ4n) is 1.59. The van der Waals surface area contributed by atoms with Crippen molar-refractivity contribution in [1.29, 1.82) is 0 Å². The molecule has 0 aromatic carbocycles. The van der Waals surface area contributed by atoms with E-state index >= 15 is 0 Å². The van der Waals surface area contributed by atoms with Gasteiger partial charge in [-0.2, -0.15) is 5.10 Å². The first-order chi connectivity index (χ1) is 9.35. The second-order valence-corrected chi connectivity index (χ2v) is 5.03. The molecule has 0 aliphatic rings. The lowest BCUT2D eigenvalue weighted by molar-refractivity contribution is -0.125. The van der Waals surface area contributed by atoms with Crippen molar-refractivity contribution in [1.82, 2.24) is 15.1 Å². The monoisotopic (exact) mass is 317 g/mol. The molecule has 1 aromatic heterocycles. The Morgan fingerprint density at radius 1 is 1.43 bits per heavy atom. The summed E-state index contributed by atoms with van der Waals surface area (Å²) in [6, 6.07) is 1.20. The Bertz CT molecular complexity index is 487. The maximum atomic E-state index is 11.8. The zero-order valence-electron chi connectivity index (χ0n) is 12.8. The van der Waals surface area contributed by atoms with Gasteiger partial charge in [0.05, 0.1) is 18.3 Å². The third-order valence-electron chi connectivity index (χ3n) is 3.00. The molecule has 1 heterocycles. The molecule has 0 bridgehead atoms. The number of hydrogen-bond donors (Lipinski definition) is 3. The molecule has 120 valence electrons. The van der Waals surface area contributed by atoms with Crippen molar-refractivity contribution in [3.8, 4) is 0 Å². The van der Waals surface area contributed by atoms with Crippen LogP contribution in [-0.2, 0) is 23.1 Å². The first-order valence-corrected chi connectivity index (χ1v) is 6.71. The fourth-order valence-corrected chi connectivity index (χ4v) is 1.59. The summed E-state index contributed by atoms with van der Waals surface area (Å²) in [6.45, 7) is 5.59. The summed E-state index contributed by atoms with van der Waals surface area (Å²) in [6.07, 6.45) is 0.795. The lowest BCUT2D eigenvalue weighted by Crippen LogP contribution is -2.46. The standard InChI is InChI=1S/C13H23N5O2.ClH/c1-5-9-6-10(18(4)17-9)16-11(19)7-15-13(20)12(14)8(2)3;/h6,8,12H,5,7,14H2,1-4H3,(H,15,20)(H,16,19);1H/t12-;/m0./s1. The number of hydrogen-bond acceptors (Lipinski definition) is 4. The minimum Gasteiger partial charge on any atom is -0.346 e. The maximum Gasteiger partial charge on any atom is 0.244 e. The van der Waals surface area contributed by atoms with E-state index in [9.17, 15) is 9.59 Å². The van der Waals surface area contributed by atoms with Crippen LogP contribution in [-0.4, -0.2) is 34.2 Å². The number of aryl methyl sites for hydroxylation is 2. The zero-order valence-corrected chi connectivity index (χ0v) is 13.7. The van der Waals surface area contributed by atoms with Crippen LogP contribution in [0.2, 0.25) is 0 Å². The van der Waals surface area contributed by atoms with E-state index in [-0.39, 0.29) is 36.7 Å². The van der Waals surface area contributed by atoms with E-state index in [1.54, 1.807) is 17.8 Å². The lowest BCUT2D eigenvalue weighted by atomic mass is 10.1. The van der Waals surface area contributed by atoms with Crippen LogP contribution < -0.4 is 16.4 Å². The van der Waals surface area contributed by atoms with Gasteiger partial charge in [0.2, 0.25) is 11.8 Å². The highest BCUT2D eigenvalue weighted by Crippen LogP contribution is 2.09.